The van der Waals surface area contributed by atoms with Gasteiger partial charge in [-0.3, -0.25) is 9.59 Å². The molecule has 2 aromatic rings. The molecule has 2 aromatic carbocycles. The molecule has 1 unspecified atom stereocenters. The molecule has 2 atom stereocenters. The van der Waals surface area contributed by atoms with Crippen LogP contribution in [0.1, 0.15) is 55.3 Å². The van der Waals surface area contributed by atoms with E-state index in [4.69, 9.17) is 10.00 Å². The van der Waals surface area contributed by atoms with E-state index in [1.165, 1.54) is 0 Å². The Labute approximate surface area is 230 Å². The van der Waals surface area contributed by atoms with E-state index in [2.05, 4.69) is 28.9 Å². The van der Waals surface area contributed by atoms with Gasteiger partial charge in [0.25, 0.3) is 0 Å². The van der Waals surface area contributed by atoms with Gasteiger partial charge in [0.1, 0.15) is 17.9 Å². The maximum absolute atomic E-state index is 13.5. The monoisotopic (exact) mass is 524 g/mol. The van der Waals surface area contributed by atoms with Crippen LogP contribution in [0.5, 0.6) is 0 Å². The van der Waals surface area contributed by atoms with Gasteiger partial charge in [-0.2, -0.15) is 5.26 Å². The van der Waals surface area contributed by atoms with Gasteiger partial charge < -0.3 is 20.3 Å². The predicted octanol–water partition coefficient (Wildman–Crippen LogP) is 4.69. The van der Waals surface area contributed by atoms with Crippen molar-refractivity contribution in [2.75, 3.05) is 19.6 Å². The van der Waals surface area contributed by atoms with Crippen molar-refractivity contribution >= 4 is 11.8 Å². The van der Waals surface area contributed by atoms with Gasteiger partial charge >= 0.3 is 0 Å². The van der Waals surface area contributed by atoms with Crippen LogP contribution in [0.15, 0.2) is 90.4 Å². The lowest BCUT2D eigenvalue weighted by atomic mass is 10.0. The van der Waals surface area contributed by atoms with Crippen LogP contribution >= 0.6 is 0 Å². The number of ether oxygens (including phenoxy) is 1. The molecule has 1 fully saturated rings. The van der Waals surface area contributed by atoms with Crippen molar-refractivity contribution in [3.63, 3.8) is 0 Å². The summed E-state index contributed by atoms with van der Waals surface area (Å²) < 4.78 is 6.21. The Morgan fingerprint density at radius 3 is 2.56 bits per heavy atom. The number of allylic oxidation sites excluding steroid dienone is 4. The van der Waals surface area contributed by atoms with Gasteiger partial charge in [0, 0.05) is 32.1 Å². The van der Waals surface area contributed by atoms with Crippen molar-refractivity contribution in [1.29, 1.82) is 5.26 Å². The second-order valence-electron chi connectivity index (χ2n) is 9.87. The summed E-state index contributed by atoms with van der Waals surface area (Å²) in [5, 5.41) is 15.5. The summed E-state index contributed by atoms with van der Waals surface area (Å²) in [4.78, 5) is 27.0. The molecule has 202 valence electrons. The lowest BCUT2D eigenvalue weighted by molar-refractivity contribution is -0.128. The molecular weight excluding hydrogens is 488 g/mol. The Bertz CT molecular complexity index is 1260. The van der Waals surface area contributed by atoms with Crippen LogP contribution < -0.4 is 10.6 Å². The zero-order valence-corrected chi connectivity index (χ0v) is 22.4. The van der Waals surface area contributed by atoms with Gasteiger partial charge in [0.15, 0.2) is 0 Å². The molecule has 1 aliphatic carbocycles. The highest BCUT2D eigenvalue weighted by atomic mass is 16.5. The number of amides is 2. The fraction of sp³-hybridized carbons (Fsp3) is 0.344. The minimum atomic E-state index is -0.520. The topological polar surface area (TPSA) is 94.5 Å². The maximum atomic E-state index is 13.5. The Balaban J connectivity index is 1.39. The van der Waals surface area contributed by atoms with Gasteiger partial charge in [-0.25, -0.2) is 0 Å². The molecule has 2 N–H and O–H groups in total. The van der Waals surface area contributed by atoms with Crippen LogP contribution in [0, 0.1) is 11.3 Å². The molecule has 0 spiro atoms. The summed E-state index contributed by atoms with van der Waals surface area (Å²) in [5.41, 5.74) is 3.36. The summed E-state index contributed by atoms with van der Waals surface area (Å²) in [6.07, 6.45) is 12.1. The van der Waals surface area contributed by atoms with Crippen molar-refractivity contribution in [1.82, 2.24) is 15.5 Å². The molecule has 0 radical (unpaired) electrons. The SMILES string of the molecule is CC(=O)N1CCC(OC2=CCCC/C=C(\NC(=O)[C@@H](NCCc3ccc(C#N)cc3)c3ccccc3)C=C2)C1. The Kier molecular flexibility index (Phi) is 10.1. The molecule has 0 bridgehead atoms. The van der Waals surface area contributed by atoms with Gasteiger partial charge in [-0.15, -0.1) is 0 Å². The van der Waals surface area contributed by atoms with E-state index >= 15 is 0 Å². The Morgan fingerprint density at radius 2 is 1.85 bits per heavy atom. The third-order valence-corrected chi connectivity index (χ3v) is 6.95. The molecule has 1 heterocycles. The van der Waals surface area contributed by atoms with Crippen LogP contribution in [0.2, 0.25) is 0 Å². The Hall–Kier alpha value is -4.15. The first kappa shape index (κ1) is 27.9. The quantitative estimate of drug-likeness (QED) is 0.496. The molecule has 0 aromatic heterocycles. The summed E-state index contributed by atoms with van der Waals surface area (Å²) in [6.45, 7) is 3.52. The molecule has 0 saturated carbocycles. The molecule has 7 heteroatoms. The molecule has 2 amide bonds. The minimum absolute atomic E-state index is 0.0182. The average molecular weight is 525 g/mol. The van der Waals surface area contributed by atoms with Crippen molar-refractivity contribution in [3.05, 3.63) is 107 Å². The summed E-state index contributed by atoms with van der Waals surface area (Å²) in [6, 6.07) is 18.8. The van der Waals surface area contributed by atoms with Gasteiger partial charge in [0.2, 0.25) is 11.8 Å². The number of hydrogen-bond donors (Lipinski definition) is 2. The number of nitrogens with zero attached hydrogens (tertiary/aromatic N) is 2. The largest absolute Gasteiger partial charge is 0.489 e. The van der Waals surface area contributed by atoms with Crippen LogP contribution in [0.4, 0.5) is 0 Å². The van der Waals surface area contributed by atoms with Gasteiger partial charge in [-0.05, 0) is 67.2 Å². The molecule has 1 saturated heterocycles. The second-order valence-corrected chi connectivity index (χ2v) is 9.87. The predicted molar refractivity (Wildman–Crippen MR) is 151 cm³/mol. The summed E-state index contributed by atoms with van der Waals surface area (Å²) in [5.74, 6) is 0.717. The normalized spacial score (nSPS) is 19.4. The fourth-order valence-corrected chi connectivity index (χ4v) is 4.74. The van der Waals surface area contributed by atoms with Crippen LogP contribution in [0.3, 0.4) is 0 Å². The fourth-order valence-electron chi connectivity index (χ4n) is 4.74. The highest BCUT2D eigenvalue weighted by Gasteiger charge is 2.26. The first-order valence-corrected chi connectivity index (χ1v) is 13.6. The molecule has 2 aliphatic rings. The first-order chi connectivity index (χ1) is 19.0. The number of carbonyl (C=O) groups is 2. The highest BCUT2D eigenvalue weighted by molar-refractivity contribution is 5.85. The number of nitrogens with one attached hydrogen (secondary N) is 2. The third kappa shape index (κ3) is 8.42. The zero-order valence-electron chi connectivity index (χ0n) is 22.4. The number of nitriles is 1. The van der Waals surface area contributed by atoms with E-state index in [0.717, 1.165) is 61.2 Å². The Morgan fingerprint density at radius 1 is 1.08 bits per heavy atom. The van der Waals surface area contributed by atoms with Crippen molar-refractivity contribution < 1.29 is 14.3 Å². The molecular formula is C32H36N4O3. The van der Waals surface area contributed by atoms with Crippen LogP contribution in [-0.4, -0.2) is 42.5 Å². The second kappa shape index (κ2) is 14.1. The molecule has 1 aliphatic heterocycles. The smallest absolute Gasteiger partial charge is 0.246 e. The average Bonchev–Trinajstić information content (AvgIpc) is 3.46. The molecule has 4 rings (SSSR count). The standard InChI is InChI=1S/C32H36N4O3/c1-24(37)36-21-19-30(23-36)39-29-11-7-3-6-10-28(16-17-29)35-32(38)31(27-8-4-2-5-9-27)34-20-18-25-12-14-26(22-33)15-13-25/h2,4-5,8-17,30-31,34H,3,6-7,18-21,23H2,1H3,(H,35,38)/b17-16?,28-10-,29-11?/t30?,31-/m0/s1. The van der Waals surface area contributed by atoms with Gasteiger partial charge in [0.05, 0.1) is 18.2 Å². The first-order valence-electron chi connectivity index (χ1n) is 13.6. The molecule has 39 heavy (non-hydrogen) atoms. The van der Waals surface area contributed by atoms with E-state index in [1.54, 1.807) is 6.92 Å². The number of likely N-dealkylation sites (tertiary alicyclic amines) is 1. The highest BCUT2D eigenvalue weighted by Crippen LogP contribution is 2.20. The third-order valence-electron chi connectivity index (χ3n) is 6.95. The van der Waals surface area contributed by atoms with Crippen molar-refractivity contribution in [3.8, 4) is 6.07 Å². The van der Waals surface area contributed by atoms with Crippen molar-refractivity contribution in [2.45, 2.75) is 51.2 Å². The van der Waals surface area contributed by atoms with Crippen LogP contribution in [-0.2, 0) is 20.7 Å². The summed E-state index contributed by atoms with van der Waals surface area (Å²) >= 11 is 0. The van der Waals surface area contributed by atoms with E-state index in [9.17, 15) is 9.59 Å². The van der Waals surface area contributed by atoms with E-state index in [-0.39, 0.29) is 17.9 Å². The number of carbonyl (C=O) groups excluding carboxylic acids is 2. The number of rotatable bonds is 9. The zero-order chi connectivity index (χ0) is 27.5. The van der Waals surface area contributed by atoms with Crippen molar-refractivity contribution in [2.24, 2.45) is 0 Å². The lowest BCUT2D eigenvalue weighted by Gasteiger charge is -2.20. The van der Waals surface area contributed by atoms with Crippen LogP contribution in [0.25, 0.3) is 0 Å². The maximum Gasteiger partial charge on any atom is 0.246 e. The minimum Gasteiger partial charge on any atom is -0.489 e. The number of hydrogen-bond acceptors (Lipinski definition) is 5. The van der Waals surface area contributed by atoms with E-state index in [0.29, 0.717) is 18.7 Å². The van der Waals surface area contributed by atoms with Gasteiger partial charge in [-0.1, -0.05) is 48.5 Å². The molecule has 7 nitrogen and oxygen atoms in total. The summed E-state index contributed by atoms with van der Waals surface area (Å²) in [7, 11) is 0. The lowest BCUT2D eigenvalue weighted by Crippen LogP contribution is -2.37. The van der Waals surface area contributed by atoms with E-state index in [1.807, 2.05) is 71.6 Å². The number of benzene rings is 2. The van der Waals surface area contributed by atoms with E-state index < -0.39 is 6.04 Å².